The number of aryl methyl sites for hydroxylation is 4. The largest absolute Gasteiger partial charge is 0.450 e. The molecule has 0 fully saturated rings. The number of nitrogens with one attached hydrogen (secondary N) is 1. The van der Waals surface area contributed by atoms with E-state index in [1.165, 1.54) is 11.1 Å². The van der Waals surface area contributed by atoms with Crippen molar-refractivity contribution in [2.24, 2.45) is 4.99 Å². The van der Waals surface area contributed by atoms with E-state index in [0.29, 0.717) is 26.3 Å². The van der Waals surface area contributed by atoms with Crippen LogP contribution in [0.25, 0.3) is 0 Å². The molecule has 0 saturated carbocycles. The molecule has 53 heavy (non-hydrogen) atoms. The molecule has 0 aliphatic carbocycles. The first-order valence-electron chi connectivity index (χ1n) is 18.4. The molecule has 0 bridgehead atoms. The van der Waals surface area contributed by atoms with Gasteiger partial charge in [0.25, 0.3) is 0 Å². The van der Waals surface area contributed by atoms with Gasteiger partial charge in [0.15, 0.2) is 0 Å². The second-order valence-corrected chi connectivity index (χ2v) is 13.1. The molecule has 2 unspecified atom stereocenters. The van der Waals surface area contributed by atoms with Crippen LogP contribution < -0.4 is 5.32 Å². The molecule has 1 aliphatic rings. The Morgan fingerprint density at radius 3 is 2.11 bits per heavy atom. The van der Waals surface area contributed by atoms with E-state index in [1.54, 1.807) is 11.8 Å². The summed E-state index contributed by atoms with van der Waals surface area (Å²) in [6.07, 6.45) is 3.35. The molecule has 1 aliphatic heterocycles. The molecule has 0 saturated heterocycles. The first kappa shape index (κ1) is 42.3. The summed E-state index contributed by atoms with van der Waals surface area (Å²) in [5.74, 6) is 0.721. The number of ether oxygens (including phenoxy) is 2. The van der Waals surface area contributed by atoms with E-state index in [9.17, 15) is 9.59 Å². The van der Waals surface area contributed by atoms with Crippen LogP contribution in [0, 0.1) is 25.2 Å². The van der Waals surface area contributed by atoms with Crippen molar-refractivity contribution in [3.8, 4) is 6.07 Å². The molecule has 0 radical (unpaired) electrons. The van der Waals surface area contributed by atoms with Gasteiger partial charge in [-0.05, 0) is 68.9 Å². The van der Waals surface area contributed by atoms with Crippen molar-refractivity contribution in [1.82, 2.24) is 10.2 Å². The molecule has 9 heteroatoms. The molecule has 0 spiro atoms. The van der Waals surface area contributed by atoms with Crippen LogP contribution in [0.4, 0.5) is 9.59 Å². The molecule has 0 aromatic heterocycles. The molecular weight excluding hydrogens is 684 g/mol. The third-order valence-corrected chi connectivity index (χ3v) is 8.75. The predicted molar refractivity (Wildman–Crippen MR) is 215 cm³/mol. The van der Waals surface area contributed by atoms with E-state index in [-0.39, 0.29) is 17.5 Å². The smallest absolute Gasteiger partial charge is 0.415 e. The minimum Gasteiger partial charge on any atom is -0.450 e. The first-order valence-corrected chi connectivity index (χ1v) is 18.8. The van der Waals surface area contributed by atoms with Crippen LogP contribution in [0.15, 0.2) is 102 Å². The van der Waals surface area contributed by atoms with E-state index in [1.807, 2.05) is 80.6 Å². The molecule has 1 heterocycles. The lowest BCUT2D eigenvalue weighted by Gasteiger charge is -2.20. The number of benzene rings is 4. The SMILES string of the molecule is CCCc1ccccc1C#N.CCCc1ccccc1C1=NC(c2cccc(C)c2)CN1C(=O)OCC.CCOC(=O)NCC(Cl)c1cccc(C)c1. The zero-order valence-electron chi connectivity index (χ0n) is 31.9. The fourth-order valence-electron chi connectivity index (χ4n) is 5.83. The number of halogens is 1. The average molecular weight is 737 g/mol. The highest BCUT2D eigenvalue weighted by atomic mass is 35.5. The molecule has 4 aromatic rings. The van der Waals surface area contributed by atoms with E-state index in [0.717, 1.165) is 64.9 Å². The normalized spacial score (nSPS) is 13.6. The van der Waals surface area contributed by atoms with Gasteiger partial charge < -0.3 is 14.8 Å². The molecule has 5 rings (SSSR count). The summed E-state index contributed by atoms with van der Waals surface area (Å²) < 4.78 is 10.0. The summed E-state index contributed by atoms with van der Waals surface area (Å²) in [7, 11) is 0. The van der Waals surface area contributed by atoms with E-state index in [4.69, 9.17) is 31.3 Å². The summed E-state index contributed by atoms with van der Waals surface area (Å²) in [5, 5.41) is 11.1. The number of rotatable bonds is 11. The Labute approximate surface area is 320 Å². The first-order chi connectivity index (χ1) is 25.6. The van der Waals surface area contributed by atoms with Crippen molar-refractivity contribution >= 4 is 29.6 Å². The van der Waals surface area contributed by atoms with Crippen molar-refractivity contribution in [1.29, 1.82) is 5.26 Å². The Hall–Kier alpha value is -5.13. The zero-order chi connectivity index (χ0) is 38.6. The Morgan fingerprint density at radius 2 is 1.47 bits per heavy atom. The second-order valence-electron chi connectivity index (χ2n) is 12.6. The van der Waals surface area contributed by atoms with Crippen LogP contribution in [0.1, 0.15) is 96.5 Å². The predicted octanol–water partition coefficient (Wildman–Crippen LogP) is 10.4. The highest BCUT2D eigenvalue weighted by Gasteiger charge is 2.33. The zero-order valence-corrected chi connectivity index (χ0v) is 32.7. The average Bonchev–Trinajstić information content (AvgIpc) is 3.61. The van der Waals surface area contributed by atoms with Crippen molar-refractivity contribution in [3.05, 3.63) is 142 Å². The van der Waals surface area contributed by atoms with Gasteiger partial charge >= 0.3 is 12.2 Å². The molecule has 2 amide bonds. The van der Waals surface area contributed by atoms with Gasteiger partial charge in [-0.3, -0.25) is 9.89 Å². The number of alkyl halides is 1. The van der Waals surface area contributed by atoms with E-state index < -0.39 is 6.09 Å². The maximum absolute atomic E-state index is 12.6. The molecule has 280 valence electrons. The third kappa shape index (κ3) is 13.4. The maximum Gasteiger partial charge on any atom is 0.415 e. The number of hydrogen-bond acceptors (Lipinski definition) is 6. The van der Waals surface area contributed by atoms with Gasteiger partial charge in [0, 0.05) is 12.1 Å². The number of hydrogen-bond donors (Lipinski definition) is 1. The fourth-order valence-corrected chi connectivity index (χ4v) is 6.05. The topological polar surface area (TPSA) is 104 Å². The van der Waals surface area contributed by atoms with E-state index >= 15 is 0 Å². The Balaban J connectivity index is 0.000000238. The van der Waals surface area contributed by atoms with Crippen LogP contribution in [-0.4, -0.2) is 49.2 Å². The number of carbonyl (C=O) groups is 2. The summed E-state index contributed by atoms with van der Waals surface area (Å²) >= 11 is 6.15. The maximum atomic E-state index is 12.6. The second kappa shape index (κ2) is 22.7. The van der Waals surface area contributed by atoms with E-state index in [2.05, 4.69) is 62.5 Å². The molecule has 4 aromatic carbocycles. The van der Waals surface area contributed by atoms with Gasteiger partial charge in [-0.1, -0.05) is 129 Å². The lowest BCUT2D eigenvalue weighted by atomic mass is 10.0. The number of amides is 2. The highest BCUT2D eigenvalue weighted by Crippen LogP contribution is 2.30. The summed E-state index contributed by atoms with van der Waals surface area (Å²) in [6, 6.07) is 34.3. The standard InChI is InChI=1S/C22H26N2O2.C12H16ClNO2.C10H11N/c1-4-9-17-11-6-7-13-19(17)21-23-20(15-24(21)22(25)26-5-2)18-12-8-10-16(3)14-18;1-3-16-12(15)14-8-11(13)10-6-4-5-9(2)7-10;1-2-5-9-6-3-4-7-10(9)8-11/h6-8,10-14,20H,4-5,9,15H2,1-3H3;4-7,11H,3,8H2,1-2H3,(H,14,15);3-4,6-7H,2,5H2,1H3. The van der Waals surface area contributed by atoms with Crippen molar-refractivity contribution in [2.45, 2.75) is 78.6 Å². The van der Waals surface area contributed by atoms with Gasteiger partial charge in [0.05, 0.1) is 42.8 Å². The monoisotopic (exact) mass is 736 g/mol. The van der Waals surface area contributed by atoms with Gasteiger partial charge in [-0.2, -0.15) is 5.26 Å². The van der Waals surface area contributed by atoms with Crippen molar-refractivity contribution < 1.29 is 19.1 Å². The number of carbonyl (C=O) groups excluding carboxylic acids is 2. The lowest BCUT2D eigenvalue weighted by Crippen LogP contribution is -2.36. The Kier molecular flexibility index (Phi) is 18.1. The number of aliphatic imine (C=N–C) groups is 1. The minimum atomic E-state index is -0.430. The Bertz CT molecular complexity index is 1840. The van der Waals surface area contributed by atoms with Crippen LogP contribution in [0.2, 0.25) is 0 Å². The molecule has 2 atom stereocenters. The lowest BCUT2D eigenvalue weighted by molar-refractivity contribution is 0.129. The van der Waals surface area contributed by atoms with Gasteiger partial charge in [-0.15, -0.1) is 11.6 Å². The summed E-state index contributed by atoms with van der Waals surface area (Å²) in [6.45, 7) is 13.5. The molecular formula is C44H53ClN4O4. The van der Waals surface area contributed by atoms with Crippen molar-refractivity contribution in [3.63, 3.8) is 0 Å². The fraction of sp³-hybridized carbons (Fsp3) is 0.364. The summed E-state index contributed by atoms with van der Waals surface area (Å²) in [4.78, 5) is 30.2. The van der Waals surface area contributed by atoms with Gasteiger partial charge in [0.2, 0.25) is 0 Å². The van der Waals surface area contributed by atoms with Crippen LogP contribution in [0.3, 0.4) is 0 Å². The van der Waals surface area contributed by atoms with Crippen molar-refractivity contribution in [2.75, 3.05) is 26.3 Å². The quantitative estimate of drug-likeness (QED) is 0.154. The number of alkyl carbamates (subject to hydrolysis) is 1. The van der Waals surface area contributed by atoms with Crippen LogP contribution >= 0.6 is 11.6 Å². The Morgan fingerprint density at radius 1 is 0.849 bits per heavy atom. The van der Waals surface area contributed by atoms with Crippen LogP contribution in [-0.2, 0) is 22.3 Å². The van der Waals surface area contributed by atoms with Gasteiger partial charge in [-0.25, -0.2) is 9.59 Å². The number of nitrogens with zero attached hydrogens (tertiary/aromatic N) is 3. The molecule has 8 nitrogen and oxygen atoms in total. The highest BCUT2D eigenvalue weighted by molar-refractivity contribution is 6.21. The van der Waals surface area contributed by atoms with Gasteiger partial charge in [0.1, 0.15) is 5.84 Å². The minimum absolute atomic E-state index is 0.0658. The van der Waals surface area contributed by atoms with Crippen LogP contribution in [0.5, 0.6) is 0 Å². The third-order valence-electron chi connectivity index (χ3n) is 8.34. The summed E-state index contributed by atoms with van der Waals surface area (Å²) in [5.41, 5.74) is 8.69. The number of nitriles is 1. The molecule has 1 N–H and O–H groups in total. The number of amidine groups is 1.